The predicted octanol–water partition coefficient (Wildman–Crippen LogP) is 0.839. The molecule has 20 heavy (non-hydrogen) atoms. The quantitative estimate of drug-likeness (QED) is 0.839. The van der Waals surface area contributed by atoms with E-state index in [2.05, 4.69) is 15.0 Å². The predicted molar refractivity (Wildman–Crippen MR) is 78.5 cm³/mol. The van der Waals surface area contributed by atoms with Gasteiger partial charge in [0.2, 0.25) is 0 Å². The van der Waals surface area contributed by atoms with Crippen molar-refractivity contribution in [1.82, 2.24) is 14.8 Å². The highest BCUT2D eigenvalue weighted by atomic mass is 32.2. The van der Waals surface area contributed by atoms with Crippen molar-refractivity contribution in [2.24, 2.45) is 13.0 Å². The molecule has 1 aliphatic rings. The van der Waals surface area contributed by atoms with Gasteiger partial charge in [-0.2, -0.15) is 5.10 Å². The number of hydrogen-bond donors (Lipinski definition) is 0. The Morgan fingerprint density at radius 3 is 3.00 bits per heavy atom. The zero-order valence-corrected chi connectivity index (χ0v) is 12.5. The number of aryl methyl sites for hydroxylation is 1. The Bertz CT molecular complexity index is 738. The van der Waals surface area contributed by atoms with Crippen LogP contribution in [0.15, 0.2) is 18.5 Å². The molecule has 3 heterocycles. The van der Waals surface area contributed by atoms with Crippen molar-refractivity contribution in [3.63, 3.8) is 0 Å². The number of rotatable bonds is 3. The fourth-order valence-electron chi connectivity index (χ4n) is 2.87. The molecule has 1 unspecified atom stereocenters. The third kappa shape index (κ3) is 2.37. The normalized spacial score (nSPS) is 21.4. The lowest BCUT2D eigenvalue weighted by atomic mass is 10.1. The molecule has 0 N–H and O–H groups in total. The van der Waals surface area contributed by atoms with Gasteiger partial charge in [-0.05, 0) is 18.4 Å². The molecule has 1 atom stereocenters. The van der Waals surface area contributed by atoms with Crippen molar-refractivity contribution in [3.8, 4) is 0 Å². The third-order valence-electron chi connectivity index (χ3n) is 3.88. The summed E-state index contributed by atoms with van der Waals surface area (Å²) in [5.41, 5.74) is 1.89. The van der Waals surface area contributed by atoms with Crippen LogP contribution in [0.3, 0.4) is 0 Å². The van der Waals surface area contributed by atoms with Crippen LogP contribution in [0.1, 0.15) is 6.42 Å². The maximum Gasteiger partial charge on any atom is 0.159 e. The highest BCUT2D eigenvalue weighted by Gasteiger charge is 2.28. The van der Waals surface area contributed by atoms with Crippen LogP contribution in [0.25, 0.3) is 11.0 Å². The van der Waals surface area contributed by atoms with Gasteiger partial charge in [0.25, 0.3) is 0 Å². The van der Waals surface area contributed by atoms with Crippen molar-refractivity contribution in [1.29, 1.82) is 0 Å². The first-order valence-electron chi connectivity index (χ1n) is 6.64. The van der Waals surface area contributed by atoms with Crippen LogP contribution in [0.2, 0.25) is 0 Å². The SMILES string of the molecule is CN(CC1CCS(=O)(=O)C1)c1ccnc2c1cnn2C. The summed E-state index contributed by atoms with van der Waals surface area (Å²) in [6.07, 6.45) is 4.33. The molecule has 1 fully saturated rings. The molecule has 6 nitrogen and oxygen atoms in total. The van der Waals surface area contributed by atoms with Gasteiger partial charge in [-0.3, -0.25) is 4.68 Å². The monoisotopic (exact) mass is 294 g/mol. The minimum atomic E-state index is -2.82. The number of pyridine rings is 1. The van der Waals surface area contributed by atoms with Gasteiger partial charge in [0, 0.05) is 26.8 Å². The van der Waals surface area contributed by atoms with Crippen molar-refractivity contribution >= 4 is 26.6 Å². The van der Waals surface area contributed by atoms with Crippen LogP contribution in [-0.2, 0) is 16.9 Å². The molecule has 0 amide bonds. The van der Waals surface area contributed by atoms with Crippen molar-refractivity contribution < 1.29 is 8.42 Å². The Morgan fingerprint density at radius 2 is 2.30 bits per heavy atom. The lowest BCUT2D eigenvalue weighted by molar-refractivity contribution is 0.582. The molecular formula is C13H18N4O2S. The van der Waals surface area contributed by atoms with Gasteiger partial charge >= 0.3 is 0 Å². The van der Waals surface area contributed by atoms with Gasteiger partial charge in [0.15, 0.2) is 15.5 Å². The summed E-state index contributed by atoms with van der Waals surface area (Å²) in [7, 11) is 1.04. The smallest absolute Gasteiger partial charge is 0.159 e. The number of aromatic nitrogens is 3. The highest BCUT2D eigenvalue weighted by Crippen LogP contribution is 2.26. The molecule has 1 saturated heterocycles. The highest BCUT2D eigenvalue weighted by molar-refractivity contribution is 7.91. The number of sulfone groups is 1. The molecule has 0 spiro atoms. The topological polar surface area (TPSA) is 68.1 Å². The second-order valence-electron chi connectivity index (χ2n) is 5.49. The molecule has 108 valence electrons. The molecule has 2 aromatic heterocycles. The number of anilines is 1. The van der Waals surface area contributed by atoms with E-state index in [1.54, 1.807) is 17.1 Å². The summed E-state index contributed by atoms with van der Waals surface area (Å²) in [5.74, 6) is 0.841. The first kappa shape index (κ1) is 13.4. The molecule has 2 aromatic rings. The maximum absolute atomic E-state index is 11.5. The molecule has 1 aliphatic heterocycles. The van der Waals surface area contributed by atoms with Crippen LogP contribution >= 0.6 is 0 Å². The summed E-state index contributed by atoms with van der Waals surface area (Å²) < 4.78 is 24.8. The van der Waals surface area contributed by atoms with Gasteiger partial charge in [-0.15, -0.1) is 0 Å². The molecule has 0 bridgehead atoms. The van der Waals surface area contributed by atoms with E-state index >= 15 is 0 Å². The van der Waals surface area contributed by atoms with E-state index in [1.165, 1.54) is 0 Å². The summed E-state index contributed by atoms with van der Waals surface area (Å²) in [4.78, 5) is 6.42. The molecule has 0 aromatic carbocycles. The average Bonchev–Trinajstić information content (AvgIpc) is 2.93. The van der Waals surface area contributed by atoms with E-state index in [-0.39, 0.29) is 5.92 Å². The van der Waals surface area contributed by atoms with Crippen LogP contribution in [0, 0.1) is 5.92 Å². The first-order chi connectivity index (χ1) is 9.46. The van der Waals surface area contributed by atoms with Gasteiger partial charge in [0.1, 0.15) is 0 Å². The van der Waals surface area contributed by atoms with Crippen molar-refractivity contribution in [2.75, 3.05) is 30.0 Å². The Labute approximate surface area is 118 Å². The van der Waals surface area contributed by atoms with Gasteiger partial charge in [0.05, 0.1) is 28.8 Å². The van der Waals surface area contributed by atoms with Crippen LogP contribution in [0.4, 0.5) is 5.69 Å². The Kier molecular flexibility index (Phi) is 3.16. The lowest BCUT2D eigenvalue weighted by Gasteiger charge is -2.23. The molecule has 7 heteroatoms. The number of nitrogens with zero attached hydrogens (tertiary/aromatic N) is 4. The van der Waals surface area contributed by atoms with Crippen LogP contribution < -0.4 is 4.90 Å². The largest absolute Gasteiger partial charge is 0.374 e. The molecule has 0 radical (unpaired) electrons. The maximum atomic E-state index is 11.5. The zero-order valence-electron chi connectivity index (χ0n) is 11.7. The fraction of sp³-hybridized carbons (Fsp3) is 0.538. The first-order valence-corrected chi connectivity index (χ1v) is 8.47. The second kappa shape index (κ2) is 4.73. The second-order valence-corrected chi connectivity index (χ2v) is 7.71. The molecule has 0 saturated carbocycles. The van der Waals surface area contributed by atoms with E-state index in [9.17, 15) is 8.42 Å². The van der Waals surface area contributed by atoms with Gasteiger partial charge < -0.3 is 4.90 Å². The Morgan fingerprint density at radius 1 is 1.50 bits per heavy atom. The molecular weight excluding hydrogens is 276 g/mol. The van der Waals surface area contributed by atoms with Crippen molar-refractivity contribution in [3.05, 3.63) is 18.5 Å². The lowest BCUT2D eigenvalue weighted by Crippen LogP contribution is -2.26. The van der Waals surface area contributed by atoms with E-state index < -0.39 is 9.84 Å². The van der Waals surface area contributed by atoms with Crippen LogP contribution in [-0.4, -0.2) is 48.3 Å². The van der Waals surface area contributed by atoms with E-state index in [4.69, 9.17) is 0 Å². The van der Waals surface area contributed by atoms with E-state index in [1.807, 2.05) is 20.2 Å². The van der Waals surface area contributed by atoms with E-state index in [0.29, 0.717) is 11.5 Å². The van der Waals surface area contributed by atoms with Gasteiger partial charge in [-0.25, -0.2) is 13.4 Å². The zero-order chi connectivity index (χ0) is 14.3. The minimum absolute atomic E-state index is 0.213. The number of hydrogen-bond acceptors (Lipinski definition) is 5. The summed E-state index contributed by atoms with van der Waals surface area (Å²) in [6, 6.07) is 1.95. The summed E-state index contributed by atoms with van der Waals surface area (Å²) >= 11 is 0. The van der Waals surface area contributed by atoms with Crippen LogP contribution in [0.5, 0.6) is 0 Å². The fourth-order valence-corrected chi connectivity index (χ4v) is 4.72. The standard InChI is InChI=1S/C13H18N4O2S/c1-16(8-10-4-6-20(18,19)9-10)12-3-5-14-13-11(12)7-15-17(13)2/h3,5,7,10H,4,6,8-9H2,1-2H3. The molecule has 0 aliphatic carbocycles. The molecule has 3 rings (SSSR count). The van der Waals surface area contributed by atoms with E-state index in [0.717, 1.165) is 29.7 Å². The Hall–Kier alpha value is -1.63. The Balaban J connectivity index is 1.84. The summed E-state index contributed by atoms with van der Waals surface area (Å²) in [5, 5.41) is 5.22. The number of fused-ring (bicyclic) bond motifs is 1. The third-order valence-corrected chi connectivity index (χ3v) is 5.72. The average molecular weight is 294 g/mol. The summed E-state index contributed by atoms with van der Waals surface area (Å²) in [6.45, 7) is 0.743. The van der Waals surface area contributed by atoms with Crippen molar-refractivity contribution in [2.45, 2.75) is 6.42 Å². The van der Waals surface area contributed by atoms with Gasteiger partial charge in [-0.1, -0.05) is 0 Å². The minimum Gasteiger partial charge on any atom is -0.374 e.